The average Bonchev–Trinajstić information content (AvgIpc) is 2.66. The van der Waals surface area contributed by atoms with E-state index in [0.29, 0.717) is 31.6 Å². The fourth-order valence-corrected chi connectivity index (χ4v) is 3.80. The van der Waals surface area contributed by atoms with Gasteiger partial charge in [0.05, 0.1) is 5.56 Å². The molecule has 2 aromatic carbocycles. The van der Waals surface area contributed by atoms with Gasteiger partial charge < -0.3 is 15.5 Å². The molecule has 0 radical (unpaired) electrons. The summed E-state index contributed by atoms with van der Waals surface area (Å²) in [5, 5.41) is 6.12. The third-order valence-electron chi connectivity index (χ3n) is 5.15. The highest BCUT2D eigenvalue weighted by Gasteiger charge is 2.31. The van der Waals surface area contributed by atoms with Crippen LogP contribution in [0.3, 0.4) is 0 Å². The third kappa shape index (κ3) is 4.95. The van der Waals surface area contributed by atoms with Crippen LogP contribution in [0.25, 0.3) is 11.1 Å². The van der Waals surface area contributed by atoms with Crippen LogP contribution in [0.15, 0.2) is 36.4 Å². The summed E-state index contributed by atoms with van der Waals surface area (Å²) in [6, 6.07) is 9.14. The molecule has 0 spiro atoms. The van der Waals surface area contributed by atoms with Crippen molar-refractivity contribution >= 4 is 6.03 Å². The number of fused-ring (bicyclic) bond motifs is 1. The molecule has 0 saturated heterocycles. The highest BCUT2D eigenvalue weighted by atomic mass is 19.4. The maximum atomic E-state index is 13.2. The second-order valence-electron chi connectivity index (χ2n) is 8.69. The van der Waals surface area contributed by atoms with Gasteiger partial charge in [0.15, 0.2) is 0 Å². The number of carbonyl (C=O) groups is 1. The van der Waals surface area contributed by atoms with Crippen molar-refractivity contribution in [2.24, 2.45) is 0 Å². The van der Waals surface area contributed by atoms with Gasteiger partial charge in [-0.15, -0.1) is 0 Å². The van der Waals surface area contributed by atoms with Gasteiger partial charge in [0.2, 0.25) is 0 Å². The number of amides is 2. The Labute approximate surface area is 175 Å². The van der Waals surface area contributed by atoms with Crippen LogP contribution >= 0.6 is 0 Å². The van der Waals surface area contributed by atoms with Crippen LogP contribution in [0, 0.1) is 0 Å². The van der Waals surface area contributed by atoms with Gasteiger partial charge in [0.25, 0.3) is 0 Å². The molecule has 2 N–H and O–H groups in total. The molecule has 30 heavy (non-hydrogen) atoms. The Kier molecular flexibility index (Phi) is 6.13. The maximum Gasteiger partial charge on any atom is 0.416 e. The first-order valence-electron chi connectivity index (χ1n) is 10.0. The molecule has 2 amide bonds. The number of urea groups is 1. The molecule has 1 heterocycles. The number of hydrogen-bond acceptors (Lipinski definition) is 2. The smallest absolute Gasteiger partial charge is 0.333 e. The van der Waals surface area contributed by atoms with Crippen LogP contribution in [0.2, 0.25) is 0 Å². The van der Waals surface area contributed by atoms with Crippen molar-refractivity contribution in [2.45, 2.75) is 52.0 Å². The molecular formula is C23H28F3N3O. The highest BCUT2D eigenvalue weighted by molar-refractivity contribution is 5.77. The Balaban J connectivity index is 2.01. The molecule has 0 bridgehead atoms. The monoisotopic (exact) mass is 419 g/mol. The van der Waals surface area contributed by atoms with Gasteiger partial charge in [-0.1, -0.05) is 24.3 Å². The highest BCUT2D eigenvalue weighted by Crippen LogP contribution is 2.36. The van der Waals surface area contributed by atoms with Crippen molar-refractivity contribution in [3.63, 3.8) is 0 Å². The van der Waals surface area contributed by atoms with Gasteiger partial charge in [-0.25, -0.2) is 4.79 Å². The predicted octanol–water partition coefficient (Wildman–Crippen LogP) is 4.96. The van der Waals surface area contributed by atoms with Crippen LogP contribution in [-0.2, 0) is 25.7 Å². The topological polar surface area (TPSA) is 44.4 Å². The number of carbonyl (C=O) groups excluding carboxylic acids is 1. The van der Waals surface area contributed by atoms with Crippen LogP contribution in [-0.4, -0.2) is 30.1 Å². The minimum absolute atomic E-state index is 0.131. The first kappa shape index (κ1) is 22.2. The van der Waals surface area contributed by atoms with E-state index in [0.717, 1.165) is 28.3 Å². The molecule has 4 nitrogen and oxygen atoms in total. The second-order valence-corrected chi connectivity index (χ2v) is 8.69. The van der Waals surface area contributed by atoms with Crippen molar-refractivity contribution in [3.05, 3.63) is 58.7 Å². The summed E-state index contributed by atoms with van der Waals surface area (Å²) in [4.78, 5) is 14.4. The quantitative estimate of drug-likeness (QED) is 0.739. The Bertz CT molecular complexity index is 932. The Morgan fingerprint density at radius 1 is 1.10 bits per heavy atom. The van der Waals surface area contributed by atoms with E-state index in [1.165, 1.54) is 12.1 Å². The van der Waals surface area contributed by atoms with Crippen molar-refractivity contribution < 1.29 is 18.0 Å². The second kappa shape index (κ2) is 8.30. The lowest BCUT2D eigenvalue weighted by atomic mass is 9.87. The van der Waals surface area contributed by atoms with E-state index in [-0.39, 0.29) is 11.6 Å². The Morgan fingerprint density at radius 2 is 1.83 bits per heavy atom. The summed E-state index contributed by atoms with van der Waals surface area (Å²) in [6.45, 7) is 7.37. The fraction of sp³-hybridized carbons (Fsp3) is 0.435. The molecule has 0 saturated carbocycles. The standard InChI is InChI=1S/C23H28F3N3O/c1-22(2,3)28-21(30)29-11-10-19-18(9-8-16(13-27-4)20(19)14-29)15-6-5-7-17(12-15)23(24,25)26/h5-9,12,27H,10-11,13-14H2,1-4H3,(H,28,30). The average molecular weight is 419 g/mol. The van der Waals surface area contributed by atoms with E-state index in [1.807, 2.05) is 40.0 Å². The number of nitrogens with zero attached hydrogens (tertiary/aromatic N) is 1. The Hall–Kier alpha value is -2.54. The zero-order valence-corrected chi connectivity index (χ0v) is 17.8. The van der Waals surface area contributed by atoms with Gasteiger partial charge in [0.1, 0.15) is 0 Å². The fourth-order valence-electron chi connectivity index (χ4n) is 3.80. The largest absolute Gasteiger partial charge is 0.416 e. The molecule has 1 aliphatic heterocycles. The van der Waals surface area contributed by atoms with Crippen LogP contribution in [0.1, 0.15) is 43.0 Å². The Morgan fingerprint density at radius 3 is 2.47 bits per heavy atom. The van der Waals surface area contributed by atoms with Crippen LogP contribution in [0.5, 0.6) is 0 Å². The van der Waals surface area contributed by atoms with E-state index in [4.69, 9.17) is 0 Å². The first-order valence-corrected chi connectivity index (χ1v) is 10.0. The SMILES string of the molecule is CNCc1ccc(-c2cccc(C(F)(F)F)c2)c2c1CN(C(=O)NC(C)(C)C)CC2. The molecule has 0 aromatic heterocycles. The van der Waals surface area contributed by atoms with Crippen LogP contribution < -0.4 is 10.6 Å². The predicted molar refractivity (Wildman–Crippen MR) is 112 cm³/mol. The normalized spacial score (nSPS) is 14.4. The summed E-state index contributed by atoms with van der Waals surface area (Å²) < 4.78 is 39.6. The van der Waals surface area contributed by atoms with E-state index in [9.17, 15) is 18.0 Å². The minimum atomic E-state index is -4.38. The summed E-state index contributed by atoms with van der Waals surface area (Å²) in [5.41, 5.74) is 3.42. The lowest BCUT2D eigenvalue weighted by Gasteiger charge is -2.34. The molecule has 1 aliphatic rings. The number of rotatable bonds is 3. The van der Waals surface area contributed by atoms with Gasteiger partial charge in [-0.3, -0.25) is 0 Å². The molecule has 162 valence electrons. The summed E-state index contributed by atoms with van der Waals surface area (Å²) >= 11 is 0. The zero-order valence-electron chi connectivity index (χ0n) is 17.8. The third-order valence-corrected chi connectivity index (χ3v) is 5.15. The summed E-state index contributed by atoms with van der Waals surface area (Å²) in [6.07, 6.45) is -3.79. The van der Waals surface area contributed by atoms with Gasteiger partial charge in [-0.05, 0) is 74.2 Å². The number of alkyl halides is 3. The van der Waals surface area contributed by atoms with Crippen molar-refractivity contribution in [1.29, 1.82) is 0 Å². The van der Waals surface area contributed by atoms with Gasteiger partial charge in [0, 0.05) is 25.2 Å². The summed E-state index contributed by atoms with van der Waals surface area (Å²) in [7, 11) is 1.85. The molecule has 0 atom stereocenters. The molecule has 7 heteroatoms. The number of halogens is 3. The zero-order chi connectivity index (χ0) is 22.1. The summed E-state index contributed by atoms with van der Waals surface area (Å²) in [5.74, 6) is 0. The van der Waals surface area contributed by atoms with Crippen molar-refractivity contribution in [3.8, 4) is 11.1 Å². The van der Waals surface area contributed by atoms with E-state index < -0.39 is 11.7 Å². The molecule has 0 fully saturated rings. The number of nitrogens with one attached hydrogen (secondary N) is 2. The molecule has 3 rings (SSSR count). The van der Waals surface area contributed by atoms with Crippen molar-refractivity contribution in [1.82, 2.24) is 15.5 Å². The first-order chi connectivity index (χ1) is 14.0. The minimum Gasteiger partial charge on any atom is -0.333 e. The maximum absolute atomic E-state index is 13.2. The molecular weight excluding hydrogens is 391 g/mol. The van der Waals surface area contributed by atoms with E-state index >= 15 is 0 Å². The van der Waals surface area contributed by atoms with E-state index in [1.54, 1.807) is 11.0 Å². The molecule has 0 aliphatic carbocycles. The van der Waals surface area contributed by atoms with Gasteiger partial charge >= 0.3 is 12.2 Å². The van der Waals surface area contributed by atoms with Gasteiger partial charge in [-0.2, -0.15) is 13.2 Å². The van der Waals surface area contributed by atoms with Crippen LogP contribution in [0.4, 0.5) is 18.0 Å². The lowest BCUT2D eigenvalue weighted by molar-refractivity contribution is -0.137. The lowest BCUT2D eigenvalue weighted by Crippen LogP contribution is -2.50. The molecule has 2 aromatic rings. The molecule has 0 unspecified atom stereocenters. The van der Waals surface area contributed by atoms with Crippen molar-refractivity contribution in [2.75, 3.05) is 13.6 Å². The number of benzene rings is 2. The van der Waals surface area contributed by atoms with E-state index in [2.05, 4.69) is 10.6 Å². The number of hydrogen-bond donors (Lipinski definition) is 2.